The van der Waals surface area contributed by atoms with Crippen LogP contribution in [0.3, 0.4) is 0 Å². The fourth-order valence-electron chi connectivity index (χ4n) is 2.51. The number of carbonyl (C=O) groups excluding carboxylic acids is 1. The summed E-state index contributed by atoms with van der Waals surface area (Å²) in [5, 5.41) is 15.6. The minimum absolute atomic E-state index is 0.155. The van der Waals surface area contributed by atoms with Crippen molar-refractivity contribution in [1.82, 2.24) is 10.6 Å². The van der Waals surface area contributed by atoms with Crippen molar-refractivity contribution in [2.24, 2.45) is 5.41 Å². The average molecular weight is 275 g/mol. The molecule has 0 aromatic rings. The molecule has 3 atom stereocenters. The van der Waals surface area contributed by atoms with Gasteiger partial charge in [-0.2, -0.15) is 5.26 Å². The molecule has 2 aliphatic rings. The summed E-state index contributed by atoms with van der Waals surface area (Å²) in [6.07, 6.45) is 8.54. The summed E-state index contributed by atoms with van der Waals surface area (Å²) in [6, 6.07) is 2.02. The van der Waals surface area contributed by atoms with Crippen LogP contribution < -0.4 is 10.6 Å². The number of carbonyl (C=O) groups is 1. The van der Waals surface area contributed by atoms with E-state index in [1.807, 2.05) is 31.2 Å². The minimum atomic E-state index is -0.664. The zero-order valence-corrected chi connectivity index (χ0v) is 11.8. The molecule has 1 saturated heterocycles. The highest BCUT2D eigenvalue weighted by Gasteiger charge is 2.37. The number of allylic oxidation sites excluding steroid dienone is 2. The van der Waals surface area contributed by atoms with Gasteiger partial charge >= 0.3 is 0 Å². The summed E-state index contributed by atoms with van der Waals surface area (Å²) in [5.74, 6) is -0.155. The van der Waals surface area contributed by atoms with Gasteiger partial charge in [0, 0.05) is 13.2 Å². The Kier molecular flexibility index (Phi) is 4.94. The molecule has 0 bridgehead atoms. The minimum Gasteiger partial charge on any atom is -0.367 e. The zero-order chi connectivity index (χ0) is 14.4. The van der Waals surface area contributed by atoms with E-state index in [-0.39, 0.29) is 11.9 Å². The molecule has 0 aromatic carbocycles. The Morgan fingerprint density at radius 3 is 3.20 bits per heavy atom. The number of hydrogen-bond acceptors (Lipinski definition) is 4. The smallest absolute Gasteiger partial charge is 0.250 e. The van der Waals surface area contributed by atoms with Crippen LogP contribution in [0.4, 0.5) is 0 Å². The lowest BCUT2D eigenvalue weighted by Crippen LogP contribution is -2.51. The molecule has 5 nitrogen and oxygen atoms in total. The van der Waals surface area contributed by atoms with Crippen molar-refractivity contribution in [2.45, 2.75) is 31.9 Å². The fraction of sp³-hybridized carbons (Fsp3) is 0.600. The SMILES string of the molecule is CCC1(C#N)C=CC=CC1NC(=O)C1CNCCCO1. The summed E-state index contributed by atoms with van der Waals surface area (Å²) < 4.78 is 5.54. The van der Waals surface area contributed by atoms with Crippen LogP contribution in [0.15, 0.2) is 24.3 Å². The Morgan fingerprint density at radius 2 is 2.45 bits per heavy atom. The topological polar surface area (TPSA) is 74.2 Å². The second kappa shape index (κ2) is 6.69. The molecule has 1 amide bonds. The molecular formula is C15H21N3O2. The van der Waals surface area contributed by atoms with Crippen LogP contribution in [0.25, 0.3) is 0 Å². The highest BCUT2D eigenvalue weighted by atomic mass is 16.5. The van der Waals surface area contributed by atoms with Crippen molar-refractivity contribution in [2.75, 3.05) is 19.7 Å². The highest BCUT2D eigenvalue weighted by molar-refractivity contribution is 5.82. The largest absolute Gasteiger partial charge is 0.367 e. The van der Waals surface area contributed by atoms with E-state index in [2.05, 4.69) is 16.7 Å². The van der Waals surface area contributed by atoms with Crippen LogP contribution in [0, 0.1) is 16.7 Å². The molecule has 20 heavy (non-hydrogen) atoms. The van der Waals surface area contributed by atoms with E-state index in [9.17, 15) is 10.1 Å². The molecular weight excluding hydrogens is 254 g/mol. The molecule has 5 heteroatoms. The van der Waals surface area contributed by atoms with Crippen molar-refractivity contribution in [3.8, 4) is 6.07 Å². The number of rotatable bonds is 3. The van der Waals surface area contributed by atoms with Crippen molar-refractivity contribution in [3.63, 3.8) is 0 Å². The van der Waals surface area contributed by atoms with E-state index in [1.165, 1.54) is 0 Å². The summed E-state index contributed by atoms with van der Waals surface area (Å²) in [6.45, 7) is 3.93. The number of amides is 1. The predicted octanol–water partition coefficient (Wildman–Crippen LogP) is 0.896. The first-order valence-electron chi connectivity index (χ1n) is 7.12. The standard InChI is InChI=1S/C15H21N3O2/c1-2-15(11-16)7-4-3-6-13(15)18-14(19)12-10-17-8-5-9-20-12/h3-4,6-7,12-13,17H,2,5,8-10H2,1H3,(H,18,19). The predicted molar refractivity (Wildman–Crippen MR) is 75.8 cm³/mol. The van der Waals surface area contributed by atoms with E-state index in [4.69, 9.17) is 4.74 Å². The third kappa shape index (κ3) is 3.09. The summed E-state index contributed by atoms with van der Waals surface area (Å²) in [4.78, 5) is 12.3. The molecule has 108 valence electrons. The highest BCUT2D eigenvalue weighted by Crippen LogP contribution is 2.31. The molecule has 0 spiro atoms. The molecule has 0 radical (unpaired) electrons. The Morgan fingerprint density at radius 1 is 1.60 bits per heavy atom. The molecule has 0 aromatic heterocycles. The van der Waals surface area contributed by atoms with Gasteiger partial charge in [-0.1, -0.05) is 31.2 Å². The van der Waals surface area contributed by atoms with Crippen LogP contribution >= 0.6 is 0 Å². The first-order valence-corrected chi connectivity index (χ1v) is 7.12. The Labute approximate surface area is 119 Å². The number of ether oxygens (including phenoxy) is 1. The van der Waals surface area contributed by atoms with Gasteiger partial charge in [-0.05, 0) is 19.4 Å². The molecule has 2 N–H and O–H groups in total. The van der Waals surface area contributed by atoms with Gasteiger partial charge in [0.2, 0.25) is 0 Å². The van der Waals surface area contributed by atoms with E-state index < -0.39 is 11.5 Å². The normalized spacial score (nSPS) is 33.2. The number of nitriles is 1. The maximum Gasteiger partial charge on any atom is 0.250 e. The van der Waals surface area contributed by atoms with Crippen LogP contribution in [0.2, 0.25) is 0 Å². The van der Waals surface area contributed by atoms with Gasteiger partial charge in [0.1, 0.15) is 6.10 Å². The Hall–Kier alpha value is -1.64. The number of nitrogens with one attached hydrogen (secondary N) is 2. The number of hydrogen-bond donors (Lipinski definition) is 2. The van der Waals surface area contributed by atoms with Crippen LogP contribution in [0.1, 0.15) is 19.8 Å². The molecule has 2 rings (SSSR count). The first kappa shape index (κ1) is 14.8. The van der Waals surface area contributed by atoms with Crippen molar-refractivity contribution >= 4 is 5.91 Å². The maximum atomic E-state index is 12.3. The van der Waals surface area contributed by atoms with Crippen molar-refractivity contribution in [3.05, 3.63) is 24.3 Å². The van der Waals surface area contributed by atoms with E-state index in [1.54, 1.807) is 0 Å². The van der Waals surface area contributed by atoms with Gasteiger partial charge in [-0.15, -0.1) is 0 Å². The van der Waals surface area contributed by atoms with Gasteiger partial charge in [0.15, 0.2) is 0 Å². The summed E-state index contributed by atoms with van der Waals surface area (Å²) in [7, 11) is 0. The van der Waals surface area contributed by atoms with E-state index in [0.717, 1.165) is 13.0 Å². The third-order valence-electron chi connectivity index (χ3n) is 3.89. The molecule has 1 fully saturated rings. The maximum absolute atomic E-state index is 12.3. The van der Waals surface area contributed by atoms with Crippen LogP contribution in [0.5, 0.6) is 0 Å². The lowest BCUT2D eigenvalue weighted by atomic mass is 9.76. The Bertz CT molecular complexity index is 445. The second-order valence-corrected chi connectivity index (χ2v) is 5.15. The zero-order valence-electron chi connectivity index (χ0n) is 11.8. The second-order valence-electron chi connectivity index (χ2n) is 5.15. The van der Waals surface area contributed by atoms with Gasteiger partial charge in [0.05, 0.1) is 17.5 Å². The van der Waals surface area contributed by atoms with E-state index in [0.29, 0.717) is 19.6 Å². The van der Waals surface area contributed by atoms with Gasteiger partial charge in [-0.25, -0.2) is 0 Å². The quantitative estimate of drug-likeness (QED) is 0.802. The Balaban J connectivity index is 2.04. The monoisotopic (exact) mass is 275 g/mol. The van der Waals surface area contributed by atoms with Crippen LogP contribution in [-0.2, 0) is 9.53 Å². The van der Waals surface area contributed by atoms with Crippen LogP contribution in [-0.4, -0.2) is 37.7 Å². The van der Waals surface area contributed by atoms with Gasteiger partial charge in [0.25, 0.3) is 5.91 Å². The lowest BCUT2D eigenvalue weighted by Gasteiger charge is -2.32. The summed E-state index contributed by atoms with van der Waals surface area (Å²) >= 11 is 0. The van der Waals surface area contributed by atoms with Gasteiger partial charge < -0.3 is 15.4 Å². The molecule has 1 heterocycles. The van der Waals surface area contributed by atoms with Crippen molar-refractivity contribution < 1.29 is 9.53 Å². The van der Waals surface area contributed by atoms with E-state index >= 15 is 0 Å². The molecule has 1 aliphatic heterocycles. The van der Waals surface area contributed by atoms with Gasteiger partial charge in [-0.3, -0.25) is 4.79 Å². The summed E-state index contributed by atoms with van der Waals surface area (Å²) in [5.41, 5.74) is -0.664. The molecule has 1 aliphatic carbocycles. The third-order valence-corrected chi connectivity index (χ3v) is 3.89. The molecule has 3 unspecified atom stereocenters. The fourth-order valence-corrected chi connectivity index (χ4v) is 2.51. The lowest BCUT2D eigenvalue weighted by molar-refractivity contribution is -0.132. The number of nitrogens with zero attached hydrogens (tertiary/aromatic N) is 1. The first-order chi connectivity index (χ1) is 9.72. The average Bonchev–Trinajstić information content (AvgIpc) is 2.77. The molecule has 0 saturated carbocycles. The van der Waals surface area contributed by atoms with Crippen molar-refractivity contribution in [1.29, 1.82) is 5.26 Å².